The van der Waals surface area contributed by atoms with Crippen molar-refractivity contribution in [3.63, 3.8) is 0 Å². The Labute approximate surface area is 220 Å². The summed E-state index contributed by atoms with van der Waals surface area (Å²) in [4.78, 5) is 18.0. The maximum absolute atomic E-state index is 14.8. The summed E-state index contributed by atoms with van der Waals surface area (Å²) in [5.74, 6) is -3.11. The lowest BCUT2D eigenvalue weighted by atomic mass is 9.81. The van der Waals surface area contributed by atoms with Crippen molar-refractivity contribution in [3.8, 4) is 11.3 Å². The molecule has 16 heteroatoms. The third kappa shape index (κ3) is 6.69. The van der Waals surface area contributed by atoms with Crippen LogP contribution in [-0.4, -0.2) is 56.0 Å². The molecule has 39 heavy (non-hydrogen) atoms. The molecule has 11 nitrogen and oxygen atoms in total. The highest BCUT2D eigenvalue weighted by atomic mass is 32.2. The molecule has 1 aliphatic carbocycles. The van der Waals surface area contributed by atoms with Crippen LogP contribution in [0.1, 0.15) is 32.3 Å². The number of aliphatic carboxylic acids is 1. The van der Waals surface area contributed by atoms with Gasteiger partial charge in [0.25, 0.3) is 0 Å². The van der Waals surface area contributed by atoms with Crippen LogP contribution in [0.2, 0.25) is 0 Å². The van der Waals surface area contributed by atoms with E-state index in [1.54, 1.807) is 0 Å². The topological polar surface area (TPSA) is 159 Å². The van der Waals surface area contributed by atoms with Gasteiger partial charge >= 0.3 is 12.1 Å². The van der Waals surface area contributed by atoms with E-state index in [2.05, 4.69) is 25.1 Å². The number of rotatable bonds is 9. The number of sulfonamides is 1. The molecule has 0 amide bonds. The highest BCUT2D eigenvalue weighted by Crippen LogP contribution is 2.36. The molecule has 0 spiro atoms. The van der Waals surface area contributed by atoms with Gasteiger partial charge in [0.2, 0.25) is 16.0 Å². The van der Waals surface area contributed by atoms with Crippen LogP contribution in [0.5, 0.6) is 0 Å². The summed E-state index contributed by atoms with van der Waals surface area (Å²) in [6, 6.07) is 2.26. The maximum Gasteiger partial charge on any atom is 0.419 e. The van der Waals surface area contributed by atoms with Gasteiger partial charge in [-0.1, -0.05) is 0 Å². The van der Waals surface area contributed by atoms with Gasteiger partial charge < -0.3 is 15.5 Å². The van der Waals surface area contributed by atoms with Crippen molar-refractivity contribution in [2.24, 2.45) is 5.92 Å². The Morgan fingerprint density at radius 1 is 1.21 bits per heavy atom. The van der Waals surface area contributed by atoms with Gasteiger partial charge in [0.1, 0.15) is 11.4 Å². The SMILES string of the molecule is CC(C)(O)Cn1cc(-c2nc(Nc3ccc(S(=O)(=O)NC4CC(C(=O)O)C4)cc3F)ncc2C(F)(F)F)cn1. The lowest BCUT2D eigenvalue weighted by molar-refractivity contribution is -0.145. The molecule has 2 heterocycles. The Morgan fingerprint density at radius 3 is 2.49 bits per heavy atom. The summed E-state index contributed by atoms with van der Waals surface area (Å²) in [6.45, 7) is 3.01. The number of alkyl halides is 3. The number of carboxylic acid groups (broad SMARTS) is 1. The number of nitrogens with one attached hydrogen (secondary N) is 2. The van der Waals surface area contributed by atoms with Crippen molar-refractivity contribution in [2.45, 2.75) is 55.9 Å². The van der Waals surface area contributed by atoms with Crippen LogP contribution < -0.4 is 10.0 Å². The van der Waals surface area contributed by atoms with Gasteiger partial charge in [0, 0.05) is 24.0 Å². The third-order valence-electron chi connectivity index (χ3n) is 5.86. The van der Waals surface area contributed by atoms with Crippen LogP contribution in [-0.2, 0) is 27.5 Å². The summed E-state index contributed by atoms with van der Waals surface area (Å²) < 4.78 is 84.5. The number of aromatic nitrogens is 4. The predicted octanol–water partition coefficient (Wildman–Crippen LogP) is 3.15. The molecule has 0 aliphatic heterocycles. The number of nitrogens with zero attached hydrogens (tertiary/aromatic N) is 4. The minimum atomic E-state index is -4.81. The number of aliphatic hydroxyl groups is 1. The Hall–Kier alpha value is -3.63. The summed E-state index contributed by atoms with van der Waals surface area (Å²) in [6.07, 6.45) is -1.65. The highest BCUT2D eigenvalue weighted by Gasteiger charge is 2.38. The molecule has 0 bridgehead atoms. The lowest BCUT2D eigenvalue weighted by Gasteiger charge is -2.32. The number of halogens is 4. The van der Waals surface area contributed by atoms with Crippen molar-refractivity contribution in [1.29, 1.82) is 0 Å². The van der Waals surface area contributed by atoms with E-state index < -0.39 is 67.6 Å². The van der Waals surface area contributed by atoms with Gasteiger partial charge in [0.05, 0.1) is 40.5 Å². The van der Waals surface area contributed by atoms with Crippen molar-refractivity contribution < 1.29 is 41.0 Å². The van der Waals surface area contributed by atoms with Gasteiger partial charge in [0.15, 0.2) is 0 Å². The largest absolute Gasteiger partial charge is 0.481 e. The Balaban J connectivity index is 1.56. The molecule has 0 atom stereocenters. The molecule has 4 rings (SSSR count). The fourth-order valence-corrected chi connectivity index (χ4v) is 5.20. The molecular weight excluding hydrogens is 548 g/mol. The number of hydrogen-bond donors (Lipinski definition) is 4. The quantitative estimate of drug-likeness (QED) is 0.283. The molecule has 3 aromatic rings. The monoisotopic (exact) mass is 572 g/mol. The van der Waals surface area contributed by atoms with Crippen LogP contribution in [0.25, 0.3) is 11.3 Å². The Bertz CT molecular complexity index is 1500. The summed E-state index contributed by atoms with van der Waals surface area (Å²) in [5, 5.41) is 25.3. The number of benzene rings is 1. The van der Waals surface area contributed by atoms with Crippen LogP contribution >= 0.6 is 0 Å². The minimum Gasteiger partial charge on any atom is -0.481 e. The fraction of sp³-hybridized carbons (Fsp3) is 0.391. The zero-order valence-electron chi connectivity index (χ0n) is 20.6. The van der Waals surface area contributed by atoms with E-state index in [-0.39, 0.29) is 30.6 Å². The number of carbonyl (C=O) groups is 1. The molecule has 2 aromatic heterocycles. The van der Waals surface area contributed by atoms with Crippen molar-refractivity contribution >= 4 is 27.6 Å². The van der Waals surface area contributed by atoms with Gasteiger partial charge in [-0.3, -0.25) is 9.48 Å². The van der Waals surface area contributed by atoms with E-state index in [0.717, 1.165) is 18.3 Å². The molecule has 1 fully saturated rings. The van der Waals surface area contributed by atoms with Crippen LogP contribution in [0, 0.1) is 11.7 Å². The lowest BCUT2D eigenvalue weighted by Crippen LogP contribution is -2.46. The van der Waals surface area contributed by atoms with Crippen molar-refractivity contribution in [2.75, 3.05) is 5.32 Å². The Morgan fingerprint density at radius 2 is 1.90 bits per heavy atom. The first kappa shape index (κ1) is 28.4. The van der Waals surface area contributed by atoms with E-state index in [4.69, 9.17) is 5.11 Å². The van der Waals surface area contributed by atoms with E-state index >= 15 is 0 Å². The second-order valence-electron chi connectivity index (χ2n) is 9.78. The van der Waals surface area contributed by atoms with Crippen molar-refractivity contribution in [3.05, 3.63) is 48.2 Å². The second kappa shape index (κ2) is 10.2. The highest BCUT2D eigenvalue weighted by molar-refractivity contribution is 7.89. The maximum atomic E-state index is 14.8. The molecule has 4 N–H and O–H groups in total. The Kier molecular flexibility index (Phi) is 7.39. The van der Waals surface area contributed by atoms with E-state index in [0.29, 0.717) is 12.3 Å². The minimum absolute atomic E-state index is 0.000748. The standard InChI is InChI=1S/C23H24F4N6O5S/c1-22(2,36)11-33-10-13(8-29-33)19-16(23(25,26)27)9-28-21(31-19)30-18-4-3-15(7-17(18)24)39(37,38)32-14-5-12(6-14)20(34)35/h3-4,7-10,12,14,32,36H,5-6,11H2,1-2H3,(H,34,35)(H,28,30,31). The fourth-order valence-electron chi connectivity index (χ4n) is 3.93. The van der Waals surface area contributed by atoms with Crippen LogP contribution in [0.3, 0.4) is 0 Å². The summed E-state index contributed by atoms with van der Waals surface area (Å²) in [5.41, 5.74) is -3.20. The second-order valence-corrected chi connectivity index (χ2v) is 11.5. The van der Waals surface area contributed by atoms with Gasteiger partial charge in [-0.15, -0.1) is 0 Å². The van der Waals surface area contributed by atoms with Crippen molar-refractivity contribution in [1.82, 2.24) is 24.5 Å². The van der Waals surface area contributed by atoms with E-state index in [1.807, 2.05) is 0 Å². The molecular formula is C23H24F4N6O5S. The zero-order chi connectivity index (χ0) is 28.8. The van der Waals surface area contributed by atoms with Gasteiger partial charge in [-0.05, 0) is 44.9 Å². The first-order valence-electron chi connectivity index (χ1n) is 11.5. The molecule has 1 aliphatic rings. The van der Waals surface area contributed by atoms with E-state index in [9.17, 15) is 35.9 Å². The molecule has 0 radical (unpaired) electrons. The summed E-state index contributed by atoms with van der Waals surface area (Å²) in [7, 11) is -4.15. The zero-order valence-corrected chi connectivity index (χ0v) is 21.4. The van der Waals surface area contributed by atoms with Crippen LogP contribution in [0.4, 0.5) is 29.2 Å². The van der Waals surface area contributed by atoms with Crippen LogP contribution in [0.15, 0.2) is 41.7 Å². The average molecular weight is 573 g/mol. The van der Waals surface area contributed by atoms with Gasteiger partial charge in [-0.25, -0.2) is 27.5 Å². The smallest absolute Gasteiger partial charge is 0.419 e. The number of carboxylic acids is 1. The first-order chi connectivity index (χ1) is 18.0. The van der Waals surface area contributed by atoms with Gasteiger partial charge in [-0.2, -0.15) is 18.3 Å². The first-order valence-corrected chi connectivity index (χ1v) is 13.0. The molecule has 1 aromatic carbocycles. The molecule has 1 saturated carbocycles. The average Bonchev–Trinajstić information content (AvgIpc) is 3.23. The van der Waals surface area contributed by atoms with E-state index in [1.165, 1.54) is 24.7 Å². The number of hydrogen-bond acceptors (Lipinski definition) is 8. The molecule has 210 valence electrons. The number of anilines is 2. The normalized spacial score (nSPS) is 18.0. The third-order valence-corrected chi connectivity index (χ3v) is 7.37. The summed E-state index contributed by atoms with van der Waals surface area (Å²) >= 11 is 0. The predicted molar refractivity (Wildman–Crippen MR) is 129 cm³/mol. The molecule has 0 saturated heterocycles. The molecule has 0 unspecified atom stereocenters.